The number of anilines is 1. The molecule has 1 aromatic carbocycles. The molecule has 24 heavy (non-hydrogen) atoms. The van der Waals surface area contributed by atoms with E-state index in [0.29, 0.717) is 11.1 Å². The Bertz CT molecular complexity index is 872. The summed E-state index contributed by atoms with van der Waals surface area (Å²) in [4.78, 5) is 26.4. The Balaban J connectivity index is 2.22. The summed E-state index contributed by atoms with van der Waals surface area (Å²) in [6.45, 7) is 4.19. The van der Waals surface area contributed by atoms with Gasteiger partial charge < -0.3 is 14.6 Å². The number of nitrogens with zero attached hydrogens (tertiary/aromatic N) is 3. The van der Waals surface area contributed by atoms with Crippen LogP contribution in [0.1, 0.15) is 24.2 Å². The summed E-state index contributed by atoms with van der Waals surface area (Å²) < 4.78 is 4.78. The molecule has 0 amide bonds. The molecule has 0 aliphatic heterocycles. The summed E-state index contributed by atoms with van der Waals surface area (Å²) in [6, 6.07) is 7.45. The fraction of sp³-hybridized carbons (Fsp3) is 0.278. The standard InChI is InChI=1S/C18H20N4O2/c1-11(2)22(3)17-16(13-7-8-19-10-13)20-14-6-5-12(18(23)24-4)9-15(14)21-17/h5-11,19H,1-4H3. The van der Waals surface area contributed by atoms with Crippen LogP contribution in [-0.4, -0.2) is 41.1 Å². The van der Waals surface area contributed by atoms with E-state index in [9.17, 15) is 4.79 Å². The molecule has 124 valence electrons. The van der Waals surface area contributed by atoms with Crippen molar-refractivity contribution in [3.8, 4) is 11.3 Å². The number of benzene rings is 1. The van der Waals surface area contributed by atoms with Gasteiger partial charge in [-0.05, 0) is 38.1 Å². The molecule has 3 rings (SSSR count). The van der Waals surface area contributed by atoms with Crippen LogP contribution in [0.3, 0.4) is 0 Å². The maximum Gasteiger partial charge on any atom is 0.337 e. The average Bonchev–Trinajstić information content (AvgIpc) is 3.13. The van der Waals surface area contributed by atoms with Crippen molar-refractivity contribution in [2.45, 2.75) is 19.9 Å². The topological polar surface area (TPSA) is 71.1 Å². The molecule has 0 aliphatic rings. The number of esters is 1. The van der Waals surface area contributed by atoms with Crippen LogP contribution in [0.4, 0.5) is 5.82 Å². The highest BCUT2D eigenvalue weighted by Gasteiger charge is 2.18. The number of rotatable bonds is 4. The first-order chi connectivity index (χ1) is 11.5. The van der Waals surface area contributed by atoms with Gasteiger partial charge in [0.05, 0.1) is 23.7 Å². The minimum absolute atomic E-state index is 0.262. The monoisotopic (exact) mass is 324 g/mol. The molecule has 2 heterocycles. The Morgan fingerprint density at radius 3 is 2.62 bits per heavy atom. The predicted octanol–water partition coefficient (Wildman–Crippen LogP) is 3.26. The number of carbonyl (C=O) groups is 1. The lowest BCUT2D eigenvalue weighted by molar-refractivity contribution is 0.0601. The number of methoxy groups -OCH3 is 1. The van der Waals surface area contributed by atoms with Gasteiger partial charge in [0.25, 0.3) is 0 Å². The van der Waals surface area contributed by atoms with Gasteiger partial charge in [-0.2, -0.15) is 0 Å². The lowest BCUT2D eigenvalue weighted by Gasteiger charge is -2.24. The largest absolute Gasteiger partial charge is 0.465 e. The first-order valence-electron chi connectivity index (χ1n) is 7.77. The predicted molar refractivity (Wildman–Crippen MR) is 94.2 cm³/mol. The normalized spacial score (nSPS) is 11.0. The van der Waals surface area contributed by atoms with E-state index < -0.39 is 0 Å². The van der Waals surface area contributed by atoms with Gasteiger partial charge in [-0.25, -0.2) is 14.8 Å². The van der Waals surface area contributed by atoms with E-state index in [1.54, 1.807) is 18.2 Å². The maximum absolute atomic E-state index is 11.8. The summed E-state index contributed by atoms with van der Waals surface area (Å²) in [6.07, 6.45) is 3.76. The van der Waals surface area contributed by atoms with E-state index in [-0.39, 0.29) is 12.0 Å². The van der Waals surface area contributed by atoms with Crippen LogP contribution < -0.4 is 4.90 Å². The van der Waals surface area contributed by atoms with Crippen molar-refractivity contribution >= 4 is 22.8 Å². The van der Waals surface area contributed by atoms with Gasteiger partial charge >= 0.3 is 5.97 Å². The Labute approximate surface area is 140 Å². The highest BCUT2D eigenvalue weighted by atomic mass is 16.5. The lowest BCUT2D eigenvalue weighted by atomic mass is 10.1. The van der Waals surface area contributed by atoms with Gasteiger partial charge in [0.2, 0.25) is 0 Å². The minimum Gasteiger partial charge on any atom is -0.465 e. The van der Waals surface area contributed by atoms with Crippen molar-refractivity contribution in [2.75, 3.05) is 19.1 Å². The van der Waals surface area contributed by atoms with Gasteiger partial charge in [0.1, 0.15) is 5.69 Å². The average molecular weight is 324 g/mol. The SMILES string of the molecule is COC(=O)c1ccc2nc(-c3cc[nH]c3)c(N(C)C(C)C)nc2c1. The van der Waals surface area contributed by atoms with Crippen LogP contribution >= 0.6 is 0 Å². The number of hydrogen-bond acceptors (Lipinski definition) is 5. The van der Waals surface area contributed by atoms with Gasteiger partial charge in [0, 0.05) is 31.0 Å². The Kier molecular flexibility index (Phi) is 4.20. The number of nitrogens with one attached hydrogen (secondary N) is 1. The second-order valence-electron chi connectivity index (χ2n) is 5.90. The molecule has 0 saturated carbocycles. The number of carbonyl (C=O) groups excluding carboxylic acids is 1. The summed E-state index contributed by atoms with van der Waals surface area (Å²) in [7, 11) is 3.35. The Morgan fingerprint density at radius 1 is 1.21 bits per heavy atom. The Hall–Kier alpha value is -2.89. The van der Waals surface area contributed by atoms with E-state index in [4.69, 9.17) is 14.7 Å². The zero-order chi connectivity index (χ0) is 17.3. The minimum atomic E-state index is -0.382. The third kappa shape index (κ3) is 2.82. The van der Waals surface area contributed by atoms with Gasteiger partial charge in [0.15, 0.2) is 5.82 Å². The molecule has 2 aromatic heterocycles. The van der Waals surface area contributed by atoms with Gasteiger partial charge in [-0.1, -0.05) is 0 Å². The number of aromatic nitrogens is 3. The second-order valence-corrected chi connectivity index (χ2v) is 5.90. The summed E-state index contributed by atoms with van der Waals surface area (Å²) in [5, 5.41) is 0. The zero-order valence-corrected chi connectivity index (χ0v) is 14.2. The van der Waals surface area contributed by atoms with Crippen LogP contribution in [0.2, 0.25) is 0 Å². The fourth-order valence-corrected chi connectivity index (χ4v) is 2.45. The highest BCUT2D eigenvalue weighted by Crippen LogP contribution is 2.30. The van der Waals surface area contributed by atoms with Crippen molar-refractivity contribution in [1.82, 2.24) is 15.0 Å². The quantitative estimate of drug-likeness (QED) is 0.746. The third-order valence-electron chi connectivity index (χ3n) is 4.05. The molecule has 0 unspecified atom stereocenters. The Morgan fingerprint density at radius 2 is 2.00 bits per heavy atom. The first kappa shape index (κ1) is 16.0. The van der Waals surface area contributed by atoms with Crippen LogP contribution in [0.5, 0.6) is 0 Å². The maximum atomic E-state index is 11.8. The molecule has 0 atom stereocenters. The molecule has 0 saturated heterocycles. The second kappa shape index (κ2) is 6.31. The fourth-order valence-electron chi connectivity index (χ4n) is 2.45. The van der Waals surface area contributed by atoms with E-state index in [1.807, 2.05) is 25.5 Å². The van der Waals surface area contributed by atoms with Crippen LogP contribution in [0.25, 0.3) is 22.3 Å². The van der Waals surface area contributed by atoms with Crippen molar-refractivity contribution in [3.05, 3.63) is 42.2 Å². The number of aromatic amines is 1. The summed E-state index contributed by atoms with van der Waals surface area (Å²) >= 11 is 0. The van der Waals surface area contributed by atoms with E-state index in [0.717, 1.165) is 22.6 Å². The number of fused-ring (bicyclic) bond motifs is 1. The molecule has 0 spiro atoms. The van der Waals surface area contributed by atoms with Crippen LogP contribution in [0.15, 0.2) is 36.7 Å². The molecule has 0 fully saturated rings. The molecular weight excluding hydrogens is 304 g/mol. The highest BCUT2D eigenvalue weighted by molar-refractivity contribution is 5.94. The zero-order valence-electron chi connectivity index (χ0n) is 14.2. The van der Waals surface area contributed by atoms with Crippen LogP contribution in [-0.2, 0) is 4.74 Å². The molecule has 6 nitrogen and oxygen atoms in total. The summed E-state index contributed by atoms with van der Waals surface area (Å²) in [5.41, 5.74) is 3.65. The van der Waals surface area contributed by atoms with Crippen molar-refractivity contribution in [2.24, 2.45) is 0 Å². The molecule has 0 aliphatic carbocycles. The molecule has 1 N–H and O–H groups in total. The number of hydrogen-bond donors (Lipinski definition) is 1. The third-order valence-corrected chi connectivity index (χ3v) is 4.05. The van der Waals surface area contributed by atoms with Crippen molar-refractivity contribution in [1.29, 1.82) is 0 Å². The molecular formula is C18H20N4O2. The van der Waals surface area contributed by atoms with Crippen LogP contribution in [0, 0.1) is 0 Å². The first-order valence-corrected chi connectivity index (χ1v) is 7.77. The van der Waals surface area contributed by atoms with Gasteiger partial charge in [-0.3, -0.25) is 0 Å². The molecule has 0 radical (unpaired) electrons. The summed E-state index contributed by atoms with van der Waals surface area (Å²) in [5.74, 6) is 0.395. The van der Waals surface area contributed by atoms with Crippen molar-refractivity contribution < 1.29 is 9.53 Å². The van der Waals surface area contributed by atoms with E-state index in [2.05, 4.69) is 23.7 Å². The van der Waals surface area contributed by atoms with E-state index >= 15 is 0 Å². The molecule has 6 heteroatoms. The number of ether oxygens (including phenoxy) is 1. The van der Waals surface area contributed by atoms with E-state index in [1.165, 1.54) is 7.11 Å². The van der Waals surface area contributed by atoms with Gasteiger partial charge in [-0.15, -0.1) is 0 Å². The lowest BCUT2D eigenvalue weighted by Crippen LogP contribution is -2.27. The smallest absolute Gasteiger partial charge is 0.337 e. The number of H-pyrrole nitrogens is 1. The molecule has 0 bridgehead atoms. The van der Waals surface area contributed by atoms with Crippen molar-refractivity contribution in [3.63, 3.8) is 0 Å². The molecule has 3 aromatic rings.